The van der Waals surface area contributed by atoms with E-state index in [4.69, 9.17) is 0 Å². The van der Waals surface area contributed by atoms with Crippen LogP contribution in [0.2, 0.25) is 0 Å². The van der Waals surface area contributed by atoms with E-state index in [-0.39, 0.29) is 41.5 Å². The van der Waals surface area contributed by atoms with Crippen LogP contribution in [-0.2, 0) is 14.4 Å². The summed E-state index contributed by atoms with van der Waals surface area (Å²) in [7, 11) is 0. The molecular weight excluding hydrogens is 378 g/mol. The minimum atomic E-state index is -0.663. The van der Waals surface area contributed by atoms with E-state index in [0.29, 0.717) is 6.54 Å². The summed E-state index contributed by atoms with van der Waals surface area (Å²) in [4.78, 5) is 41.3. The number of hydrogen-bond acceptors (Lipinski definition) is 5. The summed E-state index contributed by atoms with van der Waals surface area (Å²) in [6.45, 7) is 10.0. The van der Waals surface area contributed by atoms with Gasteiger partial charge in [0.05, 0.1) is 29.2 Å². The molecule has 3 heterocycles. The van der Waals surface area contributed by atoms with Crippen molar-refractivity contribution >= 4 is 29.5 Å². The molecule has 3 N–H and O–H groups in total. The van der Waals surface area contributed by atoms with Gasteiger partial charge in [0.25, 0.3) is 0 Å². The van der Waals surface area contributed by atoms with Gasteiger partial charge < -0.3 is 20.6 Å². The van der Waals surface area contributed by atoms with Crippen molar-refractivity contribution in [1.82, 2.24) is 15.5 Å². The third-order valence-corrected chi connectivity index (χ3v) is 8.53. The highest BCUT2D eigenvalue weighted by atomic mass is 32.2. The van der Waals surface area contributed by atoms with E-state index < -0.39 is 28.7 Å². The Hall–Kier alpha value is -1.28. The molecule has 2 bridgehead atoms. The van der Waals surface area contributed by atoms with Crippen LogP contribution in [0.15, 0.2) is 0 Å². The topological polar surface area (TPSA) is 98.7 Å². The monoisotopic (exact) mass is 411 g/mol. The van der Waals surface area contributed by atoms with Crippen LogP contribution in [0.1, 0.15) is 47.5 Å². The summed E-state index contributed by atoms with van der Waals surface area (Å²) in [5.41, 5.74) is 0. The molecule has 0 aromatic carbocycles. The molecule has 0 aromatic heterocycles. The molecule has 28 heavy (non-hydrogen) atoms. The lowest BCUT2D eigenvalue weighted by atomic mass is 9.66. The van der Waals surface area contributed by atoms with E-state index in [1.807, 2.05) is 20.8 Å². The molecular formula is C20H33N3O4S. The van der Waals surface area contributed by atoms with Gasteiger partial charge >= 0.3 is 0 Å². The zero-order valence-corrected chi connectivity index (χ0v) is 18.2. The van der Waals surface area contributed by atoms with Gasteiger partial charge in [-0.25, -0.2) is 0 Å². The first-order valence-corrected chi connectivity index (χ1v) is 11.3. The number of amides is 3. The maximum absolute atomic E-state index is 13.5. The first kappa shape index (κ1) is 21.4. The number of hydrogen-bond donors (Lipinski definition) is 3. The summed E-state index contributed by atoms with van der Waals surface area (Å²) in [5, 5.41) is 15.8. The number of nitrogens with one attached hydrogen (secondary N) is 2. The molecule has 3 fully saturated rings. The van der Waals surface area contributed by atoms with Gasteiger partial charge in [-0.3, -0.25) is 14.4 Å². The maximum Gasteiger partial charge on any atom is 0.244 e. The number of rotatable bonds is 7. The molecule has 0 radical (unpaired) electrons. The Morgan fingerprint density at radius 1 is 1.32 bits per heavy atom. The van der Waals surface area contributed by atoms with Gasteiger partial charge in [0.2, 0.25) is 17.7 Å². The van der Waals surface area contributed by atoms with E-state index in [1.165, 1.54) is 0 Å². The van der Waals surface area contributed by atoms with Crippen molar-refractivity contribution in [3.8, 4) is 0 Å². The van der Waals surface area contributed by atoms with Crippen LogP contribution in [0.5, 0.6) is 0 Å². The Labute approximate surface area is 171 Å². The Kier molecular flexibility index (Phi) is 6.01. The lowest BCUT2D eigenvalue weighted by molar-refractivity contribution is -0.142. The van der Waals surface area contributed by atoms with Crippen LogP contribution in [-0.4, -0.2) is 69.0 Å². The largest absolute Gasteiger partial charge is 0.394 e. The van der Waals surface area contributed by atoms with Crippen molar-refractivity contribution in [2.24, 2.45) is 17.8 Å². The molecule has 158 valence electrons. The fraction of sp³-hybridized carbons (Fsp3) is 0.850. The van der Waals surface area contributed by atoms with Crippen LogP contribution in [0.25, 0.3) is 0 Å². The molecule has 0 aromatic rings. The van der Waals surface area contributed by atoms with Gasteiger partial charge in [0.1, 0.15) is 6.04 Å². The average Bonchev–Trinajstić information content (AvgIpc) is 3.22. The molecule has 3 rings (SSSR count). The number of carbonyl (C=O) groups is 3. The van der Waals surface area contributed by atoms with Crippen LogP contribution in [0.3, 0.4) is 0 Å². The van der Waals surface area contributed by atoms with Gasteiger partial charge in [0, 0.05) is 17.8 Å². The highest BCUT2D eigenvalue weighted by Crippen LogP contribution is 2.68. The Morgan fingerprint density at radius 3 is 2.57 bits per heavy atom. The number of aliphatic hydroxyl groups is 1. The van der Waals surface area contributed by atoms with Crippen molar-refractivity contribution in [2.45, 2.75) is 75.6 Å². The third kappa shape index (κ3) is 3.03. The van der Waals surface area contributed by atoms with E-state index >= 15 is 0 Å². The Balaban J connectivity index is 2.04. The zero-order valence-electron chi connectivity index (χ0n) is 17.4. The van der Waals surface area contributed by atoms with Gasteiger partial charge in [-0.05, 0) is 39.5 Å². The molecule has 0 saturated carbocycles. The summed E-state index contributed by atoms with van der Waals surface area (Å²) < 4.78 is -0.613. The van der Waals surface area contributed by atoms with Gasteiger partial charge in [0.15, 0.2) is 0 Å². The van der Waals surface area contributed by atoms with Gasteiger partial charge in [-0.1, -0.05) is 13.8 Å². The van der Waals surface area contributed by atoms with Crippen molar-refractivity contribution in [3.05, 3.63) is 0 Å². The third-order valence-electron chi connectivity index (χ3n) is 6.45. The van der Waals surface area contributed by atoms with E-state index in [9.17, 15) is 19.5 Å². The number of nitrogens with zero attached hydrogens (tertiary/aromatic N) is 1. The fourth-order valence-corrected chi connectivity index (χ4v) is 7.76. The predicted octanol–water partition coefficient (Wildman–Crippen LogP) is 0.755. The summed E-state index contributed by atoms with van der Waals surface area (Å²) in [6.07, 6.45) is 1.66. The number of thioether (sulfide) groups is 1. The quantitative estimate of drug-likeness (QED) is 0.574. The first-order valence-electron chi connectivity index (χ1n) is 10.4. The lowest BCUT2D eigenvalue weighted by Crippen LogP contribution is -2.59. The van der Waals surface area contributed by atoms with Crippen LogP contribution < -0.4 is 10.6 Å². The first-order chi connectivity index (χ1) is 13.2. The van der Waals surface area contributed by atoms with E-state index in [0.717, 1.165) is 12.8 Å². The average molecular weight is 412 g/mol. The number of aliphatic hydroxyl groups excluding tert-OH is 1. The highest BCUT2D eigenvalue weighted by Gasteiger charge is 2.76. The Bertz CT molecular complexity index is 657. The highest BCUT2D eigenvalue weighted by molar-refractivity contribution is 8.02. The van der Waals surface area contributed by atoms with Crippen molar-refractivity contribution in [3.63, 3.8) is 0 Å². The number of likely N-dealkylation sites (tertiary alicyclic amines) is 1. The molecule has 3 aliphatic heterocycles. The van der Waals surface area contributed by atoms with Crippen molar-refractivity contribution < 1.29 is 19.5 Å². The number of carbonyl (C=O) groups excluding carboxylic acids is 3. The van der Waals surface area contributed by atoms with Gasteiger partial charge in [-0.15, -0.1) is 11.8 Å². The molecule has 3 saturated heterocycles. The predicted molar refractivity (Wildman–Crippen MR) is 109 cm³/mol. The van der Waals surface area contributed by atoms with Crippen LogP contribution >= 0.6 is 11.8 Å². The summed E-state index contributed by atoms with van der Waals surface area (Å²) in [5.74, 6) is -1.20. The molecule has 3 unspecified atom stereocenters. The number of fused-ring (bicyclic) bond motifs is 1. The molecule has 3 amide bonds. The minimum Gasteiger partial charge on any atom is -0.394 e. The van der Waals surface area contributed by atoms with Crippen molar-refractivity contribution in [1.29, 1.82) is 0 Å². The normalized spacial score (nSPS) is 37.3. The second kappa shape index (κ2) is 7.86. The molecule has 7 nitrogen and oxygen atoms in total. The molecule has 0 aliphatic carbocycles. The molecule has 1 spiro atoms. The summed E-state index contributed by atoms with van der Waals surface area (Å²) >= 11 is 1.66. The fourth-order valence-electron chi connectivity index (χ4n) is 5.35. The SMILES string of the molecule is CCCNC(=O)[C@@H]1[C@@H]2CC(C)C3(S2)C(C(=O)NC(C)C)N([C@H](C)CO)C(=O)[C@H]13. The van der Waals surface area contributed by atoms with Crippen molar-refractivity contribution in [2.75, 3.05) is 13.2 Å². The van der Waals surface area contributed by atoms with Gasteiger partial charge in [-0.2, -0.15) is 0 Å². The minimum absolute atomic E-state index is 0.0492. The second-order valence-electron chi connectivity index (χ2n) is 8.78. The van der Waals surface area contributed by atoms with Crippen LogP contribution in [0.4, 0.5) is 0 Å². The zero-order chi connectivity index (χ0) is 20.8. The second-order valence-corrected chi connectivity index (χ2v) is 10.3. The molecule has 8 heteroatoms. The van der Waals surface area contributed by atoms with E-state index in [2.05, 4.69) is 17.6 Å². The maximum atomic E-state index is 13.5. The van der Waals surface area contributed by atoms with E-state index in [1.54, 1.807) is 23.6 Å². The lowest BCUT2D eigenvalue weighted by Gasteiger charge is -2.39. The van der Waals surface area contributed by atoms with Crippen LogP contribution in [0, 0.1) is 17.8 Å². The smallest absolute Gasteiger partial charge is 0.244 e. The Morgan fingerprint density at radius 2 is 2.00 bits per heavy atom. The standard InChI is InChI=1S/C20H33N3O4S/c1-6-7-21-17(25)14-13-8-11(4)20(28-13)15(14)19(27)23(12(5)9-24)16(20)18(26)22-10(2)3/h10-16,24H,6-9H2,1-5H3,(H,21,25)(H,22,26)/t11?,12-,13+,14-,15+,16?,20?/m1/s1. The molecule has 7 atom stereocenters. The summed E-state index contributed by atoms with van der Waals surface area (Å²) in [6, 6.07) is -1.18. The molecule has 3 aliphatic rings.